The number of likely N-dealkylation sites (tertiary alicyclic amines) is 1. The normalized spacial score (nSPS) is 27.9. The zero-order chi connectivity index (χ0) is 24.7. The summed E-state index contributed by atoms with van der Waals surface area (Å²) >= 11 is 12.2. The third-order valence-corrected chi connectivity index (χ3v) is 7.74. The van der Waals surface area contributed by atoms with Crippen LogP contribution in [0.3, 0.4) is 0 Å². The lowest BCUT2D eigenvalue weighted by molar-refractivity contribution is -0.233. The summed E-state index contributed by atoms with van der Waals surface area (Å²) in [5.41, 5.74) is -0.432. The van der Waals surface area contributed by atoms with Gasteiger partial charge in [-0.25, -0.2) is 8.78 Å². The number of piperidine rings is 1. The quantitative estimate of drug-likeness (QED) is 0.548. The Morgan fingerprint density at radius 1 is 1.21 bits per heavy atom. The van der Waals surface area contributed by atoms with Crippen LogP contribution in [0.5, 0.6) is 0 Å². The number of rotatable bonds is 5. The topological polar surface area (TPSA) is 73.7 Å². The number of nitrogens with zero attached hydrogens (tertiary/aromatic N) is 2. The van der Waals surface area contributed by atoms with E-state index in [0.717, 1.165) is 6.20 Å². The minimum atomic E-state index is -4.70. The highest BCUT2D eigenvalue weighted by atomic mass is 35.5. The van der Waals surface area contributed by atoms with Gasteiger partial charge in [0.2, 0.25) is 5.91 Å². The maximum atomic E-state index is 13.1. The van der Waals surface area contributed by atoms with Crippen molar-refractivity contribution in [2.24, 2.45) is 17.8 Å². The van der Waals surface area contributed by atoms with E-state index in [4.69, 9.17) is 23.2 Å². The second kappa shape index (κ2) is 10.2. The molecule has 2 N–H and O–H groups in total. The highest BCUT2D eigenvalue weighted by Gasteiger charge is 2.51. The molecule has 2 aliphatic rings. The largest absolute Gasteiger partial charge is 0.414 e. The van der Waals surface area contributed by atoms with Crippen molar-refractivity contribution in [2.75, 3.05) is 6.54 Å². The van der Waals surface area contributed by atoms with Crippen molar-refractivity contribution in [3.8, 4) is 0 Å². The van der Waals surface area contributed by atoms with Crippen molar-refractivity contribution in [2.45, 2.75) is 69.9 Å². The predicted octanol–water partition coefficient (Wildman–Crippen LogP) is 4.81. The van der Waals surface area contributed by atoms with Crippen molar-refractivity contribution < 1.29 is 37.0 Å². The smallest absolute Gasteiger partial charge is 0.383 e. The second-order valence-corrected chi connectivity index (χ2v) is 9.55. The van der Waals surface area contributed by atoms with Gasteiger partial charge < -0.3 is 15.1 Å². The first-order valence-corrected chi connectivity index (χ1v) is 11.4. The fraction of sp³-hybridized carbons (Fsp3) is 0.714. The molecule has 1 aromatic rings. The number of aromatic nitrogens is 1. The van der Waals surface area contributed by atoms with Gasteiger partial charge in [-0.2, -0.15) is 13.2 Å². The van der Waals surface area contributed by atoms with Gasteiger partial charge in [-0.1, -0.05) is 29.6 Å². The molecular formula is C21H25Cl2F5N2O3. The van der Waals surface area contributed by atoms with Crippen LogP contribution in [0.4, 0.5) is 22.0 Å². The van der Waals surface area contributed by atoms with Crippen LogP contribution in [0.25, 0.3) is 0 Å². The van der Waals surface area contributed by atoms with Gasteiger partial charge in [0.1, 0.15) is 0 Å². The van der Waals surface area contributed by atoms with E-state index < -0.39 is 42.3 Å². The lowest BCUT2D eigenvalue weighted by atomic mass is 9.64. The number of hydrogen-bond donors (Lipinski definition) is 2. The zero-order valence-corrected chi connectivity index (χ0v) is 19.2. The molecule has 6 atom stereocenters. The van der Waals surface area contributed by atoms with Crippen molar-refractivity contribution in [1.82, 2.24) is 9.88 Å². The Morgan fingerprint density at radius 3 is 2.48 bits per heavy atom. The summed E-state index contributed by atoms with van der Waals surface area (Å²) in [7, 11) is 0. The van der Waals surface area contributed by atoms with Gasteiger partial charge in [-0.05, 0) is 43.9 Å². The number of halogens is 7. The monoisotopic (exact) mass is 518 g/mol. The molecule has 1 saturated heterocycles. The number of pyridine rings is 1. The number of carbonyl (C=O) groups is 1. The molecule has 0 aromatic carbocycles. The number of aliphatic hydroxyl groups excluding tert-OH is 2. The number of amides is 1. The van der Waals surface area contributed by atoms with Gasteiger partial charge in [-0.3, -0.25) is 9.78 Å². The van der Waals surface area contributed by atoms with E-state index in [1.807, 2.05) is 0 Å². The molecule has 1 aliphatic heterocycles. The number of alkyl halides is 5. The molecule has 12 heteroatoms. The van der Waals surface area contributed by atoms with Crippen molar-refractivity contribution >= 4 is 29.1 Å². The van der Waals surface area contributed by atoms with Crippen LogP contribution in [-0.2, 0) is 11.2 Å². The van der Waals surface area contributed by atoms with Crippen LogP contribution in [0, 0.1) is 17.8 Å². The fourth-order valence-corrected chi connectivity index (χ4v) is 5.92. The molecule has 3 rings (SSSR count). The Labute approximate surface area is 197 Å². The Morgan fingerprint density at radius 2 is 1.88 bits per heavy atom. The summed E-state index contributed by atoms with van der Waals surface area (Å²) in [5, 5.41) is 19.2. The van der Waals surface area contributed by atoms with Gasteiger partial charge >= 0.3 is 6.18 Å². The van der Waals surface area contributed by atoms with Gasteiger partial charge in [0.05, 0.1) is 22.2 Å². The van der Waals surface area contributed by atoms with E-state index in [1.165, 1.54) is 0 Å². The first-order valence-electron chi connectivity index (χ1n) is 10.7. The third kappa shape index (κ3) is 5.39. The fourth-order valence-electron chi connectivity index (χ4n) is 5.33. The van der Waals surface area contributed by atoms with Crippen LogP contribution < -0.4 is 0 Å². The van der Waals surface area contributed by atoms with Crippen molar-refractivity contribution in [3.63, 3.8) is 0 Å². The molecule has 1 aliphatic carbocycles. The average molecular weight is 519 g/mol. The molecule has 1 unspecified atom stereocenters. The Bertz CT molecular complexity index is 873. The van der Waals surface area contributed by atoms with Crippen LogP contribution in [0.2, 0.25) is 10.0 Å². The lowest BCUT2D eigenvalue weighted by Crippen LogP contribution is -2.55. The molecule has 5 nitrogen and oxygen atoms in total. The minimum absolute atomic E-state index is 0.0212. The molecule has 0 spiro atoms. The van der Waals surface area contributed by atoms with E-state index in [0.29, 0.717) is 19.3 Å². The number of hydrogen-bond acceptors (Lipinski definition) is 4. The number of aliphatic hydroxyl groups is 2. The summed E-state index contributed by atoms with van der Waals surface area (Å²) in [6, 6.07) is -0.384. The Hall–Kier alpha value is -1.23. The van der Waals surface area contributed by atoms with Gasteiger partial charge in [0, 0.05) is 24.3 Å². The molecule has 1 aromatic heterocycles. The van der Waals surface area contributed by atoms with Gasteiger partial charge in [0.25, 0.3) is 6.43 Å². The summed E-state index contributed by atoms with van der Waals surface area (Å²) in [6.45, 7) is 1.95. The SMILES string of the molecule is C[C@H]1[C@H]2CCC[C@@H]([C@H](O)C(F)(F)F)[C@@H]2CCN1C(=O)Cc1c(Cl)cnc(C(O)C(F)F)c1Cl. The maximum absolute atomic E-state index is 13.1. The second-order valence-electron chi connectivity index (χ2n) is 8.77. The van der Waals surface area contributed by atoms with Gasteiger partial charge in [0.15, 0.2) is 12.2 Å². The maximum Gasteiger partial charge on any atom is 0.414 e. The van der Waals surface area contributed by atoms with Crippen LogP contribution in [-0.4, -0.2) is 57.3 Å². The number of fused-ring (bicyclic) bond motifs is 1. The molecule has 1 amide bonds. The molecule has 186 valence electrons. The Kier molecular flexibility index (Phi) is 8.13. The molecule has 2 fully saturated rings. The van der Waals surface area contributed by atoms with E-state index in [1.54, 1.807) is 11.8 Å². The van der Waals surface area contributed by atoms with E-state index in [9.17, 15) is 37.0 Å². The summed E-state index contributed by atoms with van der Waals surface area (Å²) in [5.74, 6) is -1.90. The molecule has 1 saturated carbocycles. The average Bonchev–Trinajstić information content (AvgIpc) is 2.74. The zero-order valence-electron chi connectivity index (χ0n) is 17.7. The Balaban J connectivity index is 1.78. The molecule has 2 heterocycles. The lowest BCUT2D eigenvalue weighted by Gasteiger charge is -2.50. The highest BCUT2D eigenvalue weighted by molar-refractivity contribution is 6.36. The summed E-state index contributed by atoms with van der Waals surface area (Å²) in [4.78, 5) is 18.3. The molecule has 33 heavy (non-hydrogen) atoms. The van der Waals surface area contributed by atoms with E-state index in [-0.39, 0.29) is 52.9 Å². The first-order chi connectivity index (χ1) is 15.3. The summed E-state index contributed by atoms with van der Waals surface area (Å²) < 4.78 is 65.2. The molecule has 0 bridgehead atoms. The first kappa shape index (κ1) is 26.4. The van der Waals surface area contributed by atoms with Crippen LogP contribution in [0.1, 0.15) is 50.0 Å². The number of carbonyl (C=O) groups excluding carboxylic acids is 1. The van der Waals surface area contributed by atoms with Crippen molar-refractivity contribution in [3.05, 3.63) is 27.5 Å². The molecule has 0 radical (unpaired) electrons. The standard InChI is InChI=1S/C21H25Cl2F5N2O3/c1-9-10-3-2-4-12(19(33)21(26,27)28)11(10)5-6-30(9)15(31)7-13-14(22)8-29-17(16(13)23)18(32)20(24)25/h8-12,18-20,32-33H,2-7H2,1H3/t9-,10+,11+,12+,18?,19-/m0/s1. The third-order valence-electron chi connectivity index (χ3n) is 6.99. The predicted molar refractivity (Wildman–Crippen MR) is 111 cm³/mol. The van der Waals surface area contributed by atoms with Gasteiger partial charge in [-0.15, -0.1) is 0 Å². The minimum Gasteiger partial charge on any atom is -0.383 e. The van der Waals surface area contributed by atoms with Crippen LogP contribution >= 0.6 is 23.2 Å². The van der Waals surface area contributed by atoms with Crippen molar-refractivity contribution in [1.29, 1.82) is 0 Å². The molecular weight excluding hydrogens is 494 g/mol. The van der Waals surface area contributed by atoms with E-state index >= 15 is 0 Å². The highest BCUT2D eigenvalue weighted by Crippen LogP contribution is 2.47. The summed E-state index contributed by atoms with van der Waals surface area (Å²) in [6.07, 6.45) is -10.0. The van der Waals surface area contributed by atoms with Crippen LogP contribution in [0.15, 0.2) is 6.20 Å². The van der Waals surface area contributed by atoms with E-state index in [2.05, 4.69) is 4.98 Å².